The van der Waals surface area contributed by atoms with E-state index in [9.17, 15) is 9.59 Å². The monoisotopic (exact) mass is 546 g/mol. The topological polar surface area (TPSA) is 60.8 Å². The molecule has 3 heterocycles. The van der Waals surface area contributed by atoms with Crippen molar-refractivity contribution in [2.45, 2.75) is 115 Å². The van der Waals surface area contributed by atoms with Crippen LogP contribution in [0.4, 0.5) is 0 Å². The smallest absolute Gasteiger partial charge is 0.293 e. The van der Waals surface area contributed by atoms with E-state index in [0.717, 1.165) is 36.6 Å². The largest absolute Gasteiger partial charge is 0.493 e. The Hall–Kier alpha value is -2.76. The zero-order valence-electron chi connectivity index (χ0n) is 24.9. The molecule has 2 aliphatic heterocycles. The maximum Gasteiger partial charge on any atom is 0.293 e. The summed E-state index contributed by atoms with van der Waals surface area (Å²) in [5.74, 6) is 1.86. The summed E-state index contributed by atoms with van der Waals surface area (Å²) in [6, 6.07) is 6.92. The molecule has 2 aromatic rings. The zero-order valence-corrected chi connectivity index (χ0v) is 24.9. The molecule has 0 unspecified atom stereocenters. The lowest BCUT2D eigenvalue weighted by atomic mass is 9.79. The number of benzene rings is 1. The Kier molecular flexibility index (Phi) is 7.25. The molecule has 216 valence electrons. The minimum Gasteiger partial charge on any atom is -0.493 e. The highest BCUT2D eigenvalue weighted by Crippen LogP contribution is 2.58. The Morgan fingerprint density at radius 2 is 1.77 bits per heavy atom. The van der Waals surface area contributed by atoms with Gasteiger partial charge in [0.2, 0.25) is 0 Å². The number of ether oxygens (including phenoxy) is 2. The van der Waals surface area contributed by atoms with Gasteiger partial charge >= 0.3 is 0 Å². The lowest BCUT2D eigenvalue weighted by Crippen LogP contribution is -2.41. The number of carbonyl (C=O) groups excluding carboxylic acids is 2. The molecule has 6 heteroatoms. The molecule has 4 aliphatic rings. The summed E-state index contributed by atoms with van der Waals surface area (Å²) in [7, 11) is 0. The average Bonchev–Trinajstić information content (AvgIpc) is 3.65. The van der Waals surface area contributed by atoms with Crippen LogP contribution in [0.15, 0.2) is 18.2 Å². The molecule has 0 radical (unpaired) electrons. The highest BCUT2D eigenvalue weighted by Gasteiger charge is 2.49. The Morgan fingerprint density at radius 1 is 1.05 bits per heavy atom. The second-order valence-electron chi connectivity index (χ2n) is 13.9. The summed E-state index contributed by atoms with van der Waals surface area (Å²) in [5, 5.41) is 0. The summed E-state index contributed by atoms with van der Waals surface area (Å²) >= 11 is 0. The lowest BCUT2D eigenvalue weighted by Gasteiger charge is -2.33. The molecule has 6 rings (SSSR count). The zero-order chi connectivity index (χ0) is 28.1. The van der Waals surface area contributed by atoms with Gasteiger partial charge in [-0.3, -0.25) is 9.59 Å². The summed E-state index contributed by atoms with van der Waals surface area (Å²) in [6.45, 7) is 12.5. The van der Waals surface area contributed by atoms with Crippen LogP contribution in [-0.2, 0) is 26.9 Å². The molecular weight excluding hydrogens is 500 g/mol. The van der Waals surface area contributed by atoms with Gasteiger partial charge in [-0.15, -0.1) is 0 Å². The molecule has 3 fully saturated rings. The molecule has 0 bridgehead atoms. The van der Waals surface area contributed by atoms with Crippen LogP contribution < -0.4 is 4.74 Å². The molecule has 2 aliphatic carbocycles. The van der Waals surface area contributed by atoms with Crippen molar-refractivity contribution in [2.24, 2.45) is 5.92 Å². The highest BCUT2D eigenvalue weighted by atomic mass is 16.5. The molecular formula is C34H46N2O4. The third kappa shape index (κ3) is 5.07. The van der Waals surface area contributed by atoms with Gasteiger partial charge in [0.1, 0.15) is 11.9 Å². The van der Waals surface area contributed by atoms with Crippen molar-refractivity contribution in [3.8, 4) is 17.0 Å². The van der Waals surface area contributed by atoms with Crippen molar-refractivity contribution >= 4 is 12.4 Å². The third-order valence-electron chi connectivity index (χ3n) is 10.2. The summed E-state index contributed by atoms with van der Waals surface area (Å²) in [4.78, 5) is 26.7. The van der Waals surface area contributed by atoms with Gasteiger partial charge in [-0.1, -0.05) is 40.0 Å². The molecule has 2 saturated carbocycles. The van der Waals surface area contributed by atoms with Crippen molar-refractivity contribution in [2.75, 3.05) is 19.7 Å². The molecule has 0 atom stereocenters. The van der Waals surface area contributed by atoms with Crippen LogP contribution in [0, 0.1) is 12.8 Å². The lowest BCUT2D eigenvalue weighted by molar-refractivity contribution is -0.135. The molecule has 1 aromatic carbocycles. The van der Waals surface area contributed by atoms with Crippen molar-refractivity contribution in [1.82, 2.24) is 9.47 Å². The highest BCUT2D eigenvalue weighted by molar-refractivity contribution is 5.97. The first-order chi connectivity index (χ1) is 19.2. The van der Waals surface area contributed by atoms with E-state index in [-0.39, 0.29) is 22.8 Å². The van der Waals surface area contributed by atoms with Crippen LogP contribution >= 0.6 is 0 Å². The Bertz CT molecular complexity index is 1250. The number of carbonyl (C=O) groups is 2. The second-order valence-corrected chi connectivity index (χ2v) is 13.9. The standard InChI is InChI=1S/C34H46N2O4/c1-23-27(32(38)35-15-10-26(11-16-35)40-22-37)20-30(36(23)21-24-8-6-5-7-9-24)25-18-28(33(2,3)4)31-29(19-25)34(12-13-34)14-17-39-31/h18-20,22,24,26H,5-17,21H2,1-4H3. The molecule has 6 nitrogen and oxygen atoms in total. The van der Waals surface area contributed by atoms with Crippen molar-refractivity contribution in [3.63, 3.8) is 0 Å². The Labute approximate surface area is 239 Å². The van der Waals surface area contributed by atoms with E-state index in [2.05, 4.69) is 50.5 Å². The van der Waals surface area contributed by atoms with Crippen LogP contribution in [0.5, 0.6) is 5.75 Å². The first kappa shape index (κ1) is 27.4. The van der Waals surface area contributed by atoms with Gasteiger partial charge in [0.25, 0.3) is 12.4 Å². The van der Waals surface area contributed by atoms with Crippen LogP contribution in [0.3, 0.4) is 0 Å². The van der Waals surface area contributed by atoms with Crippen LogP contribution in [0.1, 0.15) is 112 Å². The predicted octanol–water partition coefficient (Wildman–Crippen LogP) is 6.93. The van der Waals surface area contributed by atoms with E-state index in [1.165, 1.54) is 67.3 Å². The number of piperidine rings is 1. The van der Waals surface area contributed by atoms with Crippen molar-refractivity contribution in [3.05, 3.63) is 40.6 Å². The van der Waals surface area contributed by atoms with Gasteiger partial charge in [0.05, 0.1) is 12.2 Å². The van der Waals surface area contributed by atoms with Gasteiger partial charge in [-0.25, -0.2) is 0 Å². The van der Waals surface area contributed by atoms with Crippen molar-refractivity contribution in [1.29, 1.82) is 0 Å². The van der Waals surface area contributed by atoms with Crippen LogP contribution in [0.25, 0.3) is 11.3 Å². The maximum absolute atomic E-state index is 13.9. The number of amides is 1. The molecule has 1 spiro atoms. The van der Waals surface area contributed by atoms with E-state index in [4.69, 9.17) is 9.47 Å². The van der Waals surface area contributed by atoms with Gasteiger partial charge < -0.3 is 18.9 Å². The average molecular weight is 547 g/mol. The number of aromatic nitrogens is 1. The van der Waals surface area contributed by atoms with Gasteiger partial charge in [0, 0.05) is 60.4 Å². The number of likely N-dealkylation sites (tertiary alicyclic amines) is 1. The van der Waals surface area contributed by atoms with Gasteiger partial charge in [-0.05, 0) is 74.1 Å². The summed E-state index contributed by atoms with van der Waals surface area (Å²) in [5.41, 5.74) is 7.16. The summed E-state index contributed by atoms with van der Waals surface area (Å²) in [6.07, 6.45) is 11.4. The minimum atomic E-state index is -0.0858. The predicted molar refractivity (Wildman–Crippen MR) is 157 cm³/mol. The van der Waals surface area contributed by atoms with Gasteiger partial charge in [0.15, 0.2) is 0 Å². The summed E-state index contributed by atoms with van der Waals surface area (Å²) < 4.78 is 14.0. The van der Waals surface area contributed by atoms with Crippen LogP contribution in [-0.4, -0.2) is 47.6 Å². The fourth-order valence-electron chi connectivity index (χ4n) is 7.44. The molecule has 1 aromatic heterocycles. The Balaban J connectivity index is 1.42. The number of fused-ring (bicyclic) bond motifs is 2. The minimum absolute atomic E-state index is 0.0457. The molecule has 0 N–H and O–H groups in total. The Morgan fingerprint density at radius 3 is 2.42 bits per heavy atom. The van der Waals surface area contributed by atoms with Crippen LogP contribution in [0.2, 0.25) is 0 Å². The van der Waals surface area contributed by atoms with E-state index < -0.39 is 0 Å². The normalized spacial score (nSPS) is 21.1. The van der Waals surface area contributed by atoms with E-state index in [1.807, 2.05) is 4.90 Å². The number of hydrogen-bond donors (Lipinski definition) is 0. The fraction of sp³-hybridized carbons (Fsp3) is 0.647. The molecule has 40 heavy (non-hydrogen) atoms. The second kappa shape index (κ2) is 10.6. The fourth-order valence-corrected chi connectivity index (χ4v) is 7.44. The molecule has 1 amide bonds. The molecule has 1 saturated heterocycles. The quantitative estimate of drug-likeness (QED) is 0.369. The number of nitrogens with zero attached hydrogens (tertiary/aromatic N) is 2. The van der Waals surface area contributed by atoms with E-state index in [1.54, 1.807) is 0 Å². The third-order valence-corrected chi connectivity index (χ3v) is 10.2. The SMILES string of the molecule is Cc1c(C(=O)N2CCC(OC=O)CC2)cc(-c2cc(C(C)(C)C)c3c(c2)C2(CCO3)CC2)n1CC1CCCCC1. The first-order valence-electron chi connectivity index (χ1n) is 15.6. The van der Waals surface area contributed by atoms with Gasteiger partial charge in [-0.2, -0.15) is 0 Å². The van der Waals surface area contributed by atoms with E-state index in [0.29, 0.717) is 38.3 Å². The van der Waals surface area contributed by atoms with Crippen molar-refractivity contribution < 1.29 is 19.1 Å². The number of rotatable bonds is 6. The van der Waals surface area contributed by atoms with E-state index >= 15 is 0 Å². The maximum atomic E-state index is 13.9. The number of hydrogen-bond acceptors (Lipinski definition) is 4. The first-order valence-corrected chi connectivity index (χ1v) is 15.6.